The van der Waals surface area contributed by atoms with Gasteiger partial charge in [0.05, 0.1) is 19.1 Å². The molecule has 0 radical (unpaired) electrons. The molecule has 0 aromatic heterocycles. The quantitative estimate of drug-likeness (QED) is 0.724. The number of hydrogen-bond donors (Lipinski definition) is 0. The molecule has 2 heterocycles. The van der Waals surface area contributed by atoms with Crippen molar-refractivity contribution < 1.29 is 19.1 Å². The van der Waals surface area contributed by atoms with Crippen LogP contribution in [-0.4, -0.2) is 66.1 Å². The number of piperidine rings is 1. The summed E-state index contributed by atoms with van der Waals surface area (Å²) >= 11 is 1.91. The number of benzene rings is 1. The minimum Gasteiger partial charge on any atom is -0.496 e. The average Bonchev–Trinajstić information content (AvgIpc) is 3.21. The molecule has 3 aliphatic rings. The second-order valence-corrected chi connectivity index (χ2v) is 9.91. The van der Waals surface area contributed by atoms with E-state index in [-0.39, 0.29) is 16.7 Å². The molecule has 7 heteroatoms. The number of ether oxygens (including phenoxy) is 2. The molecule has 0 unspecified atom stereocenters. The summed E-state index contributed by atoms with van der Waals surface area (Å²) < 4.78 is 10.8. The maximum atomic E-state index is 13.3. The fraction of sp³-hybridized carbons (Fsp3) is 0.652. The molecular formula is C23H32N2O4S. The van der Waals surface area contributed by atoms with E-state index < -0.39 is 0 Å². The first-order valence-corrected chi connectivity index (χ1v) is 12.0. The maximum absolute atomic E-state index is 13.3. The highest BCUT2D eigenvalue weighted by Gasteiger charge is 2.48. The van der Waals surface area contributed by atoms with E-state index in [0.717, 1.165) is 38.0 Å². The van der Waals surface area contributed by atoms with E-state index in [2.05, 4.69) is 4.90 Å². The second kappa shape index (κ2) is 9.08. The Balaban J connectivity index is 1.47. The molecule has 164 valence electrons. The molecule has 6 nitrogen and oxygen atoms in total. The first-order valence-electron chi connectivity index (χ1n) is 11.1. The number of carbonyl (C=O) groups is 2. The summed E-state index contributed by atoms with van der Waals surface area (Å²) in [6.45, 7) is 2.12. The Kier molecular flexibility index (Phi) is 6.46. The van der Waals surface area contributed by atoms with Crippen LogP contribution in [0.15, 0.2) is 18.2 Å². The lowest BCUT2D eigenvalue weighted by Gasteiger charge is -2.45. The topological polar surface area (TPSA) is 59.1 Å². The number of nitrogens with zero attached hydrogens (tertiary/aromatic N) is 2. The minimum atomic E-state index is -0.143. The molecule has 2 aliphatic heterocycles. The Hall–Kier alpha value is -1.89. The first-order chi connectivity index (χ1) is 14.6. The Labute approximate surface area is 183 Å². The highest BCUT2D eigenvalue weighted by atomic mass is 32.2. The summed E-state index contributed by atoms with van der Waals surface area (Å²) in [5, 5.41) is 0. The smallest absolute Gasteiger partial charge is 0.261 e. The zero-order valence-electron chi connectivity index (χ0n) is 18.0. The molecule has 1 aromatic rings. The Morgan fingerprint density at radius 2 is 1.63 bits per heavy atom. The molecular weight excluding hydrogens is 400 g/mol. The largest absolute Gasteiger partial charge is 0.496 e. The molecule has 1 spiro atoms. The summed E-state index contributed by atoms with van der Waals surface area (Å²) in [4.78, 5) is 30.5. The van der Waals surface area contributed by atoms with Crippen LogP contribution in [0.25, 0.3) is 0 Å². The lowest BCUT2D eigenvalue weighted by molar-refractivity contribution is -0.140. The van der Waals surface area contributed by atoms with Gasteiger partial charge in [-0.3, -0.25) is 9.59 Å². The van der Waals surface area contributed by atoms with Crippen molar-refractivity contribution in [3.05, 3.63) is 23.8 Å². The van der Waals surface area contributed by atoms with Gasteiger partial charge in [0.15, 0.2) is 0 Å². The SMILES string of the molecule is COc1cccc(OC)c1C(=O)N1CCC2(CC1)SCCN2C(=O)C1CCCCC1. The summed E-state index contributed by atoms with van der Waals surface area (Å²) in [6, 6.07) is 5.40. The van der Waals surface area contributed by atoms with E-state index in [1.165, 1.54) is 19.3 Å². The van der Waals surface area contributed by atoms with Crippen molar-refractivity contribution in [1.82, 2.24) is 9.80 Å². The minimum absolute atomic E-state index is 0.0627. The van der Waals surface area contributed by atoms with Crippen molar-refractivity contribution in [3.63, 3.8) is 0 Å². The highest BCUT2D eigenvalue weighted by molar-refractivity contribution is 8.00. The van der Waals surface area contributed by atoms with E-state index in [4.69, 9.17) is 9.47 Å². The van der Waals surface area contributed by atoms with E-state index in [9.17, 15) is 9.59 Å². The number of hydrogen-bond acceptors (Lipinski definition) is 5. The Morgan fingerprint density at radius 3 is 2.23 bits per heavy atom. The highest BCUT2D eigenvalue weighted by Crippen LogP contribution is 2.46. The number of carbonyl (C=O) groups excluding carboxylic acids is 2. The summed E-state index contributed by atoms with van der Waals surface area (Å²) in [5.74, 6) is 2.55. The van der Waals surface area contributed by atoms with Crippen LogP contribution < -0.4 is 9.47 Å². The molecule has 0 atom stereocenters. The predicted octanol–water partition coefficient (Wildman–Crippen LogP) is 3.79. The fourth-order valence-electron chi connectivity index (χ4n) is 5.18. The number of thioether (sulfide) groups is 1. The van der Waals surface area contributed by atoms with Crippen molar-refractivity contribution in [3.8, 4) is 11.5 Å². The van der Waals surface area contributed by atoms with Gasteiger partial charge in [0.25, 0.3) is 5.91 Å². The lowest BCUT2D eigenvalue weighted by atomic mass is 9.87. The molecule has 1 aliphatic carbocycles. The molecule has 0 N–H and O–H groups in total. The predicted molar refractivity (Wildman–Crippen MR) is 118 cm³/mol. The van der Waals surface area contributed by atoms with Crippen LogP contribution in [0.4, 0.5) is 0 Å². The van der Waals surface area contributed by atoms with Gasteiger partial charge in [-0.15, -0.1) is 11.8 Å². The third-order valence-electron chi connectivity index (χ3n) is 6.87. The van der Waals surface area contributed by atoms with Gasteiger partial charge in [-0.2, -0.15) is 0 Å². The lowest BCUT2D eigenvalue weighted by Crippen LogP contribution is -2.55. The van der Waals surface area contributed by atoms with Crippen LogP contribution in [0.3, 0.4) is 0 Å². The van der Waals surface area contributed by atoms with E-state index in [1.54, 1.807) is 26.4 Å². The zero-order valence-corrected chi connectivity index (χ0v) is 18.8. The van der Waals surface area contributed by atoms with Crippen LogP contribution in [0.1, 0.15) is 55.3 Å². The summed E-state index contributed by atoms with van der Waals surface area (Å²) in [6.07, 6.45) is 7.31. The van der Waals surface area contributed by atoms with Crippen LogP contribution in [-0.2, 0) is 4.79 Å². The third-order valence-corrected chi connectivity index (χ3v) is 8.42. The molecule has 2 saturated heterocycles. The van der Waals surface area contributed by atoms with Crippen molar-refractivity contribution in [2.45, 2.75) is 49.8 Å². The van der Waals surface area contributed by atoms with E-state index in [0.29, 0.717) is 36.1 Å². The number of likely N-dealkylation sites (tertiary alicyclic amines) is 1. The monoisotopic (exact) mass is 432 g/mol. The van der Waals surface area contributed by atoms with Crippen LogP contribution in [0.5, 0.6) is 11.5 Å². The molecule has 30 heavy (non-hydrogen) atoms. The van der Waals surface area contributed by atoms with Crippen molar-refractivity contribution in [2.24, 2.45) is 5.92 Å². The van der Waals surface area contributed by atoms with Crippen LogP contribution in [0.2, 0.25) is 0 Å². The van der Waals surface area contributed by atoms with Gasteiger partial charge in [-0.25, -0.2) is 0 Å². The van der Waals surface area contributed by atoms with Gasteiger partial charge in [0.2, 0.25) is 5.91 Å². The first kappa shape index (κ1) is 21.3. The van der Waals surface area contributed by atoms with Crippen LogP contribution >= 0.6 is 11.8 Å². The summed E-state index contributed by atoms with van der Waals surface area (Å²) in [7, 11) is 3.14. The van der Waals surface area contributed by atoms with Gasteiger partial charge in [0.1, 0.15) is 17.1 Å². The summed E-state index contributed by atoms with van der Waals surface area (Å²) in [5.41, 5.74) is 0.479. The van der Waals surface area contributed by atoms with Gasteiger partial charge in [0, 0.05) is 31.3 Å². The second-order valence-electron chi connectivity index (χ2n) is 8.45. The normalized spacial score (nSPS) is 21.7. The standard InChI is InChI=1S/C23H32N2O4S/c1-28-18-9-6-10-19(29-2)20(18)22(27)24-13-11-23(12-14-24)25(15-16-30-23)21(26)17-7-4-3-5-8-17/h6,9-10,17H,3-5,7-8,11-16H2,1-2H3. The Morgan fingerprint density at radius 1 is 1.00 bits per heavy atom. The van der Waals surface area contributed by atoms with Gasteiger partial charge >= 0.3 is 0 Å². The van der Waals surface area contributed by atoms with E-state index >= 15 is 0 Å². The van der Waals surface area contributed by atoms with Gasteiger partial charge < -0.3 is 19.3 Å². The molecule has 3 fully saturated rings. The van der Waals surface area contributed by atoms with Crippen molar-refractivity contribution >= 4 is 23.6 Å². The van der Waals surface area contributed by atoms with Gasteiger partial charge in [-0.05, 0) is 37.8 Å². The zero-order chi connectivity index (χ0) is 21.1. The molecule has 2 amide bonds. The van der Waals surface area contributed by atoms with E-state index in [1.807, 2.05) is 22.7 Å². The van der Waals surface area contributed by atoms with Crippen molar-refractivity contribution in [2.75, 3.05) is 39.6 Å². The third kappa shape index (κ3) is 3.88. The molecule has 1 saturated carbocycles. The average molecular weight is 433 g/mol. The molecule has 4 rings (SSSR count). The number of rotatable bonds is 4. The van der Waals surface area contributed by atoms with Crippen LogP contribution in [0, 0.1) is 5.92 Å². The number of amides is 2. The fourth-order valence-corrected chi connectivity index (χ4v) is 6.65. The molecule has 1 aromatic carbocycles. The molecule has 0 bridgehead atoms. The maximum Gasteiger partial charge on any atom is 0.261 e. The number of methoxy groups -OCH3 is 2. The van der Waals surface area contributed by atoms with Gasteiger partial charge in [-0.1, -0.05) is 25.3 Å². The van der Waals surface area contributed by atoms with Crippen molar-refractivity contribution in [1.29, 1.82) is 0 Å². The Bertz CT molecular complexity index is 763.